The Morgan fingerprint density at radius 1 is 1.25 bits per heavy atom. The summed E-state index contributed by atoms with van der Waals surface area (Å²) in [4.78, 5) is 0. The summed E-state index contributed by atoms with van der Waals surface area (Å²) in [5.74, 6) is 0.766. The fourth-order valence-corrected chi connectivity index (χ4v) is 1.71. The highest BCUT2D eigenvalue weighted by atomic mass is 16.5. The minimum atomic E-state index is -0.726. The molecule has 0 spiro atoms. The Labute approximate surface area is 121 Å². The Balaban J connectivity index is 2.23. The highest BCUT2D eigenvalue weighted by Crippen LogP contribution is 2.12. The third-order valence-electron chi connectivity index (χ3n) is 3.42. The van der Waals surface area contributed by atoms with Crippen molar-refractivity contribution in [2.75, 3.05) is 19.7 Å². The van der Waals surface area contributed by atoms with Gasteiger partial charge in [-0.1, -0.05) is 26.0 Å². The van der Waals surface area contributed by atoms with Crippen LogP contribution in [0, 0.1) is 0 Å². The summed E-state index contributed by atoms with van der Waals surface area (Å²) in [6, 6.07) is 7.89. The van der Waals surface area contributed by atoms with Gasteiger partial charge in [0, 0.05) is 13.1 Å². The van der Waals surface area contributed by atoms with Gasteiger partial charge in [0.15, 0.2) is 0 Å². The Morgan fingerprint density at radius 3 is 2.45 bits per heavy atom. The summed E-state index contributed by atoms with van der Waals surface area (Å²) in [7, 11) is 0. The summed E-state index contributed by atoms with van der Waals surface area (Å²) >= 11 is 0. The molecule has 0 aromatic heterocycles. The highest BCUT2D eigenvalue weighted by Gasteiger charge is 2.17. The van der Waals surface area contributed by atoms with Crippen LogP contribution < -0.4 is 10.1 Å². The minimum Gasteiger partial charge on any atom is -0.491 e. The topological polar surface area (TPSA) is 61.7 Å². The lowest BCUT2D eigenvalue weighted by atomic mass is 10.0. The number of benzene rings is 1. The maximum atomic E-state index is 9.82. The Bertz CT molecular complexity index is 376. The lowest BCUT2D eigenvalue weighted by molar-refractivity contribution is 0.0476. The van der Waals surface area contributed by atoms with Crippen molar-refractivity contribution in [2.45, 2.75) is 45.3 Å². The third-order valence-corrected chi connectivity index (χ3v) is 3.42. The van der Waals surface area contributed by atoms with Crippen molar-refractivity contribution < 1.29 is 14.9 Å². The van der Waals surface area contributed by atoms with Crippen molar-refractivity contribution in [1.82, 2.24) is 5.32 Å². The monoisotopic (exact) mass is 281 g/mol. The summed E-state index contributed by atoms with van der Waals surface area (Å²) < 4.78 is 5.52. The predicted molar refractivity (Wildman–Crippen MR) is 81.1 cm³/mol. The molecule has 1 aromatic rings. The Hall–Kier alpha value is -1.10. The number of hydrogen-bond acceptors (Lipinski definition) is 4. The van der Waals surface area contributed by atoms with E-state index >= 15 is 0 Å². The van der Waals surface area contributed by atoms with E-state index in [9.17, 15) is 10.2 Å². The molecule has 0 aliphatic heterocycles. The number of rotatable bonds is 9. The molecule has 3 N–H and O–H groups in total. The van der Waals surface area contributed by atoms with Crippen LogP contribution in [-0.2, 0) is 6.42 Å². The molecular formula is C16H27NO3. The number of aliphatic hydroxyl groups is 2. The number of ether oxygens (including phenoxy) is 1. The smallest absolute Gasteiger partial charge is 0.119 e. The highest BCUT2D eigenvalue weighted by molar-refractivity contribution is 5.27. The fourth-order valence-electron chi connectivity index (χ4n) is 1.71. The van der Waals surface area contributed by atoms with Crippen LogP contribution in [-0.4, -0.2) is 41.6 Å². The largest absolute Gasteiger partial charge is 0.491 e. The molecule has 2 atom stereocenters. The van der Waals surface area contributed by atoms with E-state index in [1.165, 1.54) is 5.56 Å². The van der Waals surface area contributed by atoms with Gasteiger partial charge in [-0.2, -0.15) is 0 Å². The first kappa shape index (κ1) is 17.0. The zero-order chi connectivity index (χ0) is 15.0. The maximum Gasteiger partial charge on any atom is 0.119 e. The van der Waals surface area contributed by atoms with Gasteiger partial charge in [0.2, 0.25) is 0 Å². The predicted octanol–water partition coefficient (Wildman–Crippen LogP) is 1.74. The molecule has 0 radical (unpaired) electrons. The second-order valence-corrected chi connectivity index (χ2v) is 5.44. The van der Waals surface area contributed by atoms with Gasteiger partial charge in [0.05, 0.1) is 5.60 Å². The van der Waals surface area contributed by atoms with E-state index in [0.29, 0.717) is 19.5 Å². The number of hydrogen-bond donors (Lipinski definition) is 3. The third kappa shape index (κ3) is 6.37. The molecule has 0 fully saturated rings. The second kappa shape index (κ2) is 8.25. The SMILES string of the molecule is CCc1ccc(OCC(O)CNCC(C)(O)CC)cc1. The van der Waals surface area contributed by atoms with Gasteiger partial charge < -0.3 is 20.3 Å². The molecule has 4 nitrogen and oxygen atoms in total. The van der Waals surface area contributed by atoms with Gasteiger partial charge in [-0.15, -0.1) is 0 Å². The van der Waals surface area contributed by atoms with Crippen LogP contribution in [0.5, 0.6) is 5.75 Å². The average molecular weight is 281 g/mol. The molecule has 0 aliphatic carbocycles. The first-order chi connectivity index (χ1) is 9.46. The van der Waals surface area contributed by atoms with Crippen LogP contribution >= 0.6 is 0 Å². The van der Waals surface area contributed by atoms with E-state index in [4.69, 9.17) is 4.74 Å². The molecule has 0 heterocycles. The lowest BCUT2D eigenvalue weighted by Crippen LogP contribution is -2.41. The fraction of sp³-hybridized carbons (Fsp3) is 0.625. The van der Waals surface area contributed by atoms with Crippen molar-refractivity contribution in [3.8, 4) is 5.75 Å². The van der Waals surface area contributed by atoms with E-state index in [0.717, 1.165) is 12.2 Å². The van der Waals surface area contributed by atoms with Crippen LogP contribution in [0.15, 0.2) is 24.3 Å². The molecule has 20 heavy (non-hydrogen) atoms. The quantitative estimate of drug-likeness (QED) is 0.645. The van der Waals surface area contributed by atoms with Gasteiger partial charge in [-0.3, -0.25) is 0 Å². The van der Waals surface area contributed by atoms with Crippen molar-refractivity contribution in [1.29, 1.82) is 0 Å². The van der Waals surface area contributed by atoms with Crippen molar-refractivity contribution in [3.05, 3.63) is 29.8 Å². The van der Waals surface area contributed by atoms with E-state index in [2.05, 4.69) is 12.2 Å². The summed E-state index contributed by atoms with van der Waals surface area (Å²) in [6.45, 7) is 6.93. The van der Waals surface area contributed by atoms with Crippen LogP contribution in [0.25, 0.3) is 0 Å². The molecule has 0 aliphatic rings. The molecule has 2 unspecified atom stereocenters. The molecule has 1 rings (SSSR count). The maximum absolute atomic E-state index is 9.82. The average Bonchev–Trinajstić information content (AvgIpc) is 2.45. The van der Waals surface area contributed by atoms with Gasteiger partial charge in [-0.05, 0) is 37.5 Å². The number of nitrogens with one attached hydrogen (secondary N) is 1. The van der Waals surface area contributed by atoms with Crippen molar-refractivity contribution >= 4 is 0 Å². The van der Waals surface area contributed by atoms with Crippen molar-refractivity contribution in [3.63, 3.8) is 0 Å². The van der Waals surface area contributed by atoms with E-state index < -0.39 is 11.7 Å². The van der Waals surface area contributed by atoms with Crippen LogP contribution in [0.4, 0.5) is 0 Å². The molecule has 1 aromatic carbocycles. The van der Waals surface area contributed by atoms with Gasteiger partial charge in [0.1, 0.15) is 18.5 Å². The van der Waals surface area contributed by atoms with E-state index in [1.807, 2.05) is 31.2 Å². The standard InChI is InChI=1S/C16H27NO3/c1-4-13-6-8-15(9-7-13)20-11-14(18)10-17-12-16(3,19)5-2/h6-9,14,17-19H,4-5,10-12H2,1-3H3. The van der Waals surface area contributed by atoms with Crippen LogP contribution in [0.3, 0.4) is 0 Å². The molecule has 0 amide bonds. The summed E-state index contributed by atoms with van der Waals surface area (Å²) in [5, 5.41) is 22.7. The minimum absolute atomic E-state index is 0.243. The van der Waals surface area contributed by atoms with Gasteiger partial charge in [-0.25, -0.2) is 0 Å². The Morgan fingerprint density at radius 2 is 1.90 bits per heavy atom. The number of aliphatic hydroxyl groups excluding tert-OH is 1. The molecule has 0 saturated heterocycles. The second-order valence-electron chi connectivity index (χ2n) is 5.44. The lowest BCUT2D eigenvalue weighted by Gasteiger charge is -2.22. The van der Waals surface area contributed by atoms with Crippen LogP contribution in [0.1, 0.15) is 32.8 Å². The van der Waals surface area contributed by atoms with Crippen molar-refractivity contribution in [2.24, 2.45) is 0 Å². The zero-order valence-corrected chi connectivity index (χ0v) is 12.7. The first-order valence-corrected chi connectivity index (χ1v) is 7.29. The molecule has 114 valence electrons. The first-order valence-electron chi connectivity index (χ1n) is 7.29. The van der Waals surface area contributed by atoms with Gasteiger partial charge in [0.25, 0.3) is 0 Å². The van der Waals surface area contributed by atoms with Crippen LogP contribution in [0.2, 0.25) is 0 Å². The zero-order valence-electron chi connectivity index (χ0n) is 12.7. The van der Waals surface area contributed by atoms with E-state index in [1.54, 1.807) is 6.92 Å². The Kier molecular flexibility index (Phi) is 6.99. The van der Waals surface area contributed by atoms with Gasteiger partial charge >= 0.3 is 0 Å². The molecule has 4 heteroatoms. The normalized spacial score (nSPS) is 15.7. The molecular weight excluding hydrogens is 254 g/mol. The summed E-state index contributed by atoms with van der Waals surface area (Å²) in [5.41, 5.74) is 0.540. The summed E-state index contributed by atoms with van der Waals surface area (Å²) in [6.07, 6.45) is 1.09. The van der Waals surface area contributed by atoms with E-state index in [-0.39, 0.29) is 6.61 Å². The molecule has 0 saturated carbocycles. The number of aryl methyl sites for hydroxylation is 1. The molecule has 0 bridgehead atoms.